The lowest BCUT2D eigenvalue weighted by Gasteiger charge is -2.09. The number of aryl methyl sites for hydroxylation is 3. The van der Waals surface area contributed by atoms with Gasteiger partial charge in [0.15, 0.2) is 5.65 Å². The van der Waals surface area contributed by atoms with E-state index >= 15 is 0 Å². The average Bonchev–Trinajstić information content (AvgIpc) is 3.30. The van der Waals surface area contributed by atoms with Crippen LogP contribution in [0.4, 0.5) is 4.39 Å². The number of nitrogens with zero attached hydrogens (tertiary/aromatic N) is 5. The fourth-order valence-electron chi connectivity index (χ4n) is 3.19. The molecule has 4 rings (SSSR count). The minimum Gasteiger partial charge on any atom is -0.339 e. The molecule has 138 valence electrons. The monoisotopic (exact) mass is 366 g/mol. The zero-order valence-corrected chi connectivity index (χ0v) is 15.1. The van der Waals surface area contributed by atoms with E-state index in [1.54, 1.807) is 18.3 Å². The third-order valence-corrected chi connectivity index (χ3v) is 4.66. The lowest BCUT2D eigenvalue weighted by Crippen LogP contribution is -2.06. The predicted octanol–water partition coefficient (Wildman–Crippen LogP) is 2.78. The van der Waals surface area contributed by atoms with Crippen LogP contribution in [0.15, 0.2) is 35.0 Å². The van der Waals surface area contributed by atoms with Crippen LogP contribution < -0.4 is 5.73 Å². The van der Waals surface area contributed by atoms with E-state index in [-0.39, 0.29) is 12.4 Å². The SMILES string of the molecule is Cc1nc2ccnn2c(C)c1CCc1nc(-c2ccc(CN)cc2F)no1. The highest BCUT2D eigenvalue weighted by Gasteiger charge is 2.15. The minimum absolute atomic E-state index is 0.236. The molecule has 0 amide bonds. The smallest absolute Gasteiger partial charge is 0.227 e. The molecule has 0 fully saturated rings. The van der Waals surface area contributed by atoms with Gasteiger partial charge in [0.25, 0.3) is 0 Å². The first-order valence-corrected chi connectivity index (χ1v) is 8.68. The number of nitrogens with two attached hydrogens (primary N) is 1. The van der Waals surface area contributed by atoms with Crippen LogP contribution in [-0.2, 0) is 19.4 Å². The van der Waals surface area contributed by atoms with Gasteiger partial charge in [0.1, 0.15) is 5.82 Å². The molecule has 3 aromatic heterocycles. The van der Waals surface area contributed by atoms with Crippen LogP contribution in [0.2, 0.25) is 0 Å². The van der Waals surface area contributed by atoms with Crippen LogP contribution in [0.25, 0.3) is 17.0 Å². The molecule has 0 unspecified atom stereocenters. The Hall–Kier alpha value is -3.13. The Morgan fingerprint density at radius 1 is 1.15 bits per heavy atom. The van der Waals surface area contributed by atoms with Gasteiger partial charge in [-0.1, -0.05) is 11.2 Å². The van der Waals surface area contributed by atoms with E-state index < -0.39 is 5.82 Å². The lowest BCUT2D eigenvalue weighted by molar-refractivity contribution is 0.378. The number of hydrogen-bond acceptors (Lipinski definition) is 6. The van der Waals surface area contributed by atoms with Crippen LogP contribution in [0.5, 0.6) is 0 Å². The van der Waals surface area contributed by atoms with Gasteiger partial charge in [0, 0.05) is 30.4 Å². The third-order valence-electron chi connectivity index (χ3n) is 4.66. The van der Waals surface area contributed by atoms with Crippen molar-refractivity contribution in [2.75, 3.05) is 0 Å². The third kappa shape index (κ3) is 3.19. The van der Waals surface area contributed by atoms with Gasteiger partial charge in [-0.05, 0) is 43.5 Å². The number of hydrogen-bond donors (Lipinski definition) is 1. The number of halogens is 1. The first kappa shape index (κ1) is 17.3. The van der Waals surface area contributed by atoms with Crippen molar-refractivity contribution in [1.82, 2.24) is 24.7 Å². The molecule has 0 aliphatic rings. The molecule has 0 aliphatic heterocycles. The number of rotatable bonds is 5. The second-order valence-corrected chi connectivity index (χ2v) is 6.39. The van der Waals surface area contributed by atoms with E-state index in [1.165, 1.54) is 6.07 Å². The van der Waals surface area contributed by atoms with Crippen LogP contribution in [0.1, 0.15) is 28.4 Å². The van der Waals surface area contributed by atoms with Gasteiger partial charge in [0.05, 0.1) is 11.8 Å². The molecule has 0 bridgehead atoms. The van der Waals surface area contributed by atoms with Gasteiger partial charge in [-0.3, -0.25) is 0 Å². The molecule has 4 aromatic rings. The summed E-state index contributed by atoms with van der Waals surface area (Å²) in [6.45, 7) is 4.27. The van der Waals surface area contributed by atoms with Crippen molar-refractivity contribution in [2.45, 2.75) is 33.2 Å². The van der Waals surface area contributed by atoms with Crippen LogP contribution >= 0.6 is 0 Å². The molecule has 3 heterocycles. The zero-order valence-electron chi connectivity index (χ0n) is 15.1. The molecular weight excluding hydrogens is 347 g/mol. The Morgan fingerprint density at radius 2 is 2.00 bits per heavy atom. The minimum atomic E-state index is -0.412. The number of fused-ring (bicyclic) bond motifs is 1. The van der Waals surface area contributed by atoms with E-state index in [4.69, 9.17) is 10.3 Å². The van der Waals surface area contributed by atoms with E-state index in [0.717, 1.165) is 22.6 Å². The summed E-state index contributed by atoms with van der Waals surface area (Å²) >= 11 is 0. The second-order valence-electron chi connectivity index (χ2n) is 6.39. The Kier molecular flexibility index (Phi) is 4.41. The maximum absolute atomic E-state index is 14.2. The number of aromatic nitrogens is 5. The summed E-state index contributed by atoms with van der Waals surface area (Å²) in [6, 6.07) is 6.64. The van der Waals surface area contributed by atoms with Crippen molar-refractivity contribution < 1.29 is 8.91 Å². The van der Waals surface area contributed by atoms with Crippen molar-refractivity contribution in [3.05, 3.63) is 64.7 Å². The van der Waals surface area contributed by atoms with Gasteiger partial charge in [0.2, 0.25) is 11.7 Å². The Bertz CT molecular complexity index is 1120. The molecule has 0 radical (unpaired) electrons. The fourth-order valence-corrected chi connectivity index (χ4v) is 3.19. The van der Waals surface area contributed by atoms with E-state index in [2.05, 4.69) is 20.2 Å². The van der Waals surface area contributed by atoms with Gasteiger partial charge in [-0.2, -0.15) is 10.1 Å². The van der Waals surface area contributed by atoms with Crippen LogP contribution in [0, 0.1) is 19.7 Å². The summed E-state index contributed by atoms with van der Waals surface area (Å²) in [6.07, 6.45) is 2.94. The molecule has 8 heteroatoms. The summed E-state index contributed by atoms with van der Waals surface area (Å²) in [4.78, 5) is 8.90. The Balaban J connectivity index is 1.55. The van der Waals surface area contributed by atoms with Gasteiger partial charge < -0.3 is 10.3 Å². The molecular formula is C19H19FN6O. The molecule has 0 aliphatic carbocycles. The van der Waals surface area contributed by atoms with E-state index in [0.29, 0.717) is 29.9 Å². The largest absolute Gasteiger partial charge is 0.339 e. The quantitative estimate of drug-likeness (QED) is 0.583. The Labute approximate surface area is 155 Å². The Morgan fingerprint density at radius 3 is 2.78 bits per heavy atom. The van der Waals surface area contributed by atoms with Crippen LogP contribution in [0.3, 0.4) is 0 Å². The summed E-state index contributed by atoms with van der Waals surface area (Å²) in [5.74, 6) is 0.275. The van der Waals surface area contributed by atoms with Crippen molar-refractivity contribution in [3.63, 3.8) is 0 Å². The highest BCUT2D eigenvalue weighted by atomic mass is 19.1. The van der Waals surface area contributed by atoms with Crippen molar-refractivity contribution >= 4 is 5.65 Å². The molecule has 1 aromatic carbocycles. The van der Waals surface area contributed by atoms with Gasteiger partial charge in [-0.15, -0.1) is 0 Å². The molecule has 0 saturated carbocycles. The average molecular weight is 366 g/mol. The molecule has 7 nitrogen and oxygen atoms in total. The lowest BCUT2D eigenvalue weighted by atomic mass is 10.1. The van der Waals surface area contributed by atoms with Crippen molar-refractivity contribution in [1.29, 1.82) is 0 Å². The molecule has 0 saturated heterocycles. The standard InChI is InChI=1S/C19H19FN6O/c1-11-14(12(2)26-17(23-11)7-8-22-26)5-6-18-24-19(25-27-18)15-4-3-13(10-21)9-16(15)20/h3-4,7-9H,5-6,10,21H2,1-2H3. The van der Waals surface area contributed by atoms with Crippen molar-refractivity contribution in [2.24, 2.45) is 5.73 Å². The van der Waals surface area contributed by atoms with Gasteiger partial charge >= 0.3 is 0 Å². The van der Waals surface area contributed by atoms with E-state index in [9.17, 15) is 4.39 Å². The van der Waals surface area contributed by atoms with Crippen LogP contribution in [-0.4, -0.2) is 24.7 Å². The molecule has 0 atom stereocenters. The number of benzene rings is 1. The molecule has 0 spiro atoms. The summed E-state index contributed by atoms with van der Waals surface area (Å²) in [7, 11) is 0. The maximum Gasteiger partial charge on any atom is 0.227 e. The zero-order chi connectivity index (χ0) is 19.0. The summed E-state index contributed by atoms with van der Waals surface area (Å²) in [5, 5.41) is 8.21. The first-order valence-electron chi connectivity index (χ1n) is 8.68. The molecule has 2 N–H and O–H groups in total. The summed E-state index contributed by atoms with van der Waals surface area (Å²) < 4.78 is 21.3. The predicted molar refractivity (Wildman–Crippen MR) is 97.5 cm³/mol. The second kappa shape index (κ2) is 6.88. The van der Waals surface area contributed by atoms with E-state index in [1.807, 2.05) is 24.4 Å². The normalized spacial score (nSPS) is 11.4. The fraction of sp³-hybridized carbons (Fsp3) is 0.263. The first-order chi connectivity index (χ1) is 13.1. The summed E-state index contributed by atoms with van der Waals surface area (Å²) in [5.41, 5.74) is 10.4. The maximum atomic E-state index is 14.2. The highest BCUT2D eigenvalue weighted by molar-refractivity contribution is 5.55. The van der Waals surface area contributed by atoms with Crippen molar-refractivity contribution in [3.8, 4) is 11.4 Å². The molecule has 27 heavy (non-hydrogen) atoms. The highest BCUT2D eigenvalue weighted by Crippen LogP contribution is 2.22. The topological polar surface area (TPSA) is 95.1 Å². The van der Waals surface area contributed by atoms with Gasteiger partial charge in [-0.25, -0.2) is 13.9 Å².